The van der Waals surface area contributed by atoms with Crippen molar-refractivity contribution in [2.45, 2.75) is 0 Å². The number of carboxylic acid groups (broad SMARTS) is 1. The van der Waals surface area contributed by atoms with Gasteiger partial charge in [-0.2, -0.15) is 0 Å². The molecule has 3 heteroatoms. The Labute approximate surface area is 71.6 Å². The number of hydrogen-bond acceptors (Lipinski definition) is 2. The lowest BCUT2D eigenvalue weighted by Gasteiger charge is -1.84. The second-order valence-corrected chi connectivity index (χ2v) is 2.49. The lowest BCUT2D eigenvalue weighted by atomic mass is 10.2. The molecule has 12 heavy (non-hydrogen) atoms. The molecule has 1 aromatic heterocycles. The Kier molecular flexibility index (Phi) is 0.985. The predicted octanol–water partition coefficient (Wildman–Crippen LogP) is 1.87. The molecule has 3 nitrogen and oxygen atoms in total. The number of hydrogen-bond donors (Lipinski definition) is 2. The van der Waals surface area contributed by atoms with Gasteiger partial charge in [-0.1, -0.05) is 18.2 Å². The van der Waals surface area contributed by atoms with Gasteiger partial charge in [0.15, 0.2) is 1.41 Å². The average Bonchev–Trinajstić information content (AvgIpc) is 2.56. The molecule has 2 rings (SSSR count). The first-order chi connectivity index (χ1) is 6.74. The first-order valence-corrected chi connectivity index (χ1v) is 3.51. The topological polar surface area (TPSA) is 53.1 Å². The molecular formula is C9H7NO2. The van der Waals surface area contributed by atoms with Crippen LogP contribution in [0.15, 0.2) is 30.3 Å². The van der Waals surface area contributed by atoms with E-state index >= 15 is 0 Å². The van der Waals surface area contributed by atoms with Crippen LogP contribution in [-0.2, 0) is 0 Å². The molecule has 0 fully saturated rings. The quantitative estimate of drug-likeness (QED) is 0.674. The molecule has 0 unspecified atom stereocenters. The lowest BCUT2D eigenvalue weighted by Crippen LogP contribution is -1.94. The number of aromatic amines is 1. The third kappa shape index (κ3) is 0.955. The lowest BCUT2D eigenvalue weighted by molar-refractivity contribution is 0.0691. The standard InChI is InChI=1S/C9H7NO2/c11-9(12)8-5-6-3-1-2-4-7(6)10-8/h1-5,10H,(H,11,12)/i/hD2. The summed E-state index contributed by atoms with van der Waals surface area (Å²) in [5, 5.41) is 4.60. The summed E-state index contributed by atoms with van der Waals surface area (Å²) in [6, 6.07) is 8.64. The van der Waals surface area contributed by atoms with Gasteiger partial charge in [0.25, 0.3) is 1.43 Å². The third-order valence-corrected chi connectivity index (χ3v) is 1.68. The monoisotopic (exact) mass is 163 g/mol. The molecule has 0 atom stereocenters. The van der Waals surface area contributed by atoms with E-state index in [1.54, 1.807) is 18.2 Å². The van der Waals surface area contributed by atoms with Crippen molar-refractivity contribution in [3.8, 4) is 0 Å². The van der Waals surface area contributed by atoms with Crippen molar-refractivity contribution in [3.05, 3.63) is 36.0 Å². The molecule has 0 aliphatic heterocycles. The van der Waals surface area contributed by atoms with Crippen molar-refractivity contribution < 1.29 is 11.3 Å². The summed E-state index contributed by atoms with van der Waals surface area (Å²) in [4.78, 5) is 12.0. The van der Waals surface area contributed by atoms with Gasteiger partial charge < -0.3 is 10.1 Å². The van der Waals surface area contributed by atoms with E-state index in [0.717, 1.165) is 10.4 Å². The van der Waals surface area contributed by atoms with E-state index < -0.39 is 5.97 Å². The summed E-state index contributed by atoms with van der Waals surface area (Å²) in [7, 11) is 0. The zero-order valence-corrected chi connectivity index (χ0v) is 6.15. The molecule has 1 heterocycles. The minimum absolute atomic E-state index is 0.0567. The van der Waals surface area contributed by atoms with Gasteiger partial charge in [-0.25, -0.2) is 4.79 Å². The Morgan fingerprint density at radius 2 is 2.42 bits per heavy atom. The van der Waals surface area contributed by atoms with Crippen molar-refractivity contribution >= 4 is 16.9 Å². The highest BCUT2D eigenvalue weighted by Gasteiger charge is 2.05. The molecule has 0 saturated carbocycles. The van der Waals surface area contributed by atoms with Crippen LogP contribution in [-0.4, -0.2) is 16.1 Å². The van der Waals surface area contributed by atoms with Gasteiger partial charge in [-0.15, -0.1) is 0 Å². The van der Waals surface area contributed by atoms with Crippen molar-refractivity contribution in [1.82, 2.24) is 4.98 Å². The van der Waals surface area contributed by atoms with Gasteiger partial charge in [0.05, 0.1) is 0 Å². The molecule has 0 aliphatic rings. The van der Waals surface area contributed by atoms with Crippen LogP contribution in [0.25, 0.3) is 12.3 Å². The number of carbonyl (C=O) groups is 1. The van der Waals surface area contributed by atoms with E-state index in [9.17, 15) is 4.79 Å². The largest absolute Gasteiger partial charge is 0.477 e. The summed E-state index contributed by atoms with van der Waals surface area (Å²) in [5.41, 5.74) is 0.675. The van der Waals surface area contributed by atoms with Gasteiger partial charge in [0, 0.05) is 10.9 Å². The summed E-state index contributed by atoms with van der Waals surface area (Å²) in [5.74, 6) is -0.823. The third-order valence-electron chi connectivity index (χ3n) is 1.68. The summed E-state index contributed by atoms with van der Waals surface area (Å²) in [6.07, 6.45) is 0. The Hall–Kier alpha value is -1.77. The summed E-state index contributed by atoms with van der Waals surface area (Å²) < 4.78 is 14.1. The van der Waals surface area contributed by atoms with Crippen molar-refractivity contribution in [2.24, 2.45) is 0 Å². The van der Waals surface area contributed by atoms with Crippen LogP contribution in [0.3, 0.4) is 0 Å². The highest BCUT2D eigenvalue weighted by molar-refractivity contribution is 5.93. The minimum atomic E-state index is -0.823. The Morgan fingerprint density at radius 3 is 3.17 bits per heavy atom. The van der Waals surface area contributed by atoms with E-state index in [-0.39, 0.29) is 5.69 Å². The van der Waals surface area contributed by atoms with Gasteiger partial charge in [0.1, 0.15) is 5.69 Å². The molecule has 0 aliphatic carbocycles. The molecule has 1 aromatic carbocycles. The first kappa shape index (κ1) is 4.98. The van der Waals surface area contributed by atoms with Crippen LogP contribution in [0.5, 0.6) is 0 Å². The van der Waals surface area contributed by atoms with E-state index in [1.165, 1.54) is 6.07 Å². The SMILES string of the molecule is [2H]OC(=O)c1cc2ccccc2n1[2H]. The smallest absolute Gasteiger partial charge is 0.352 e. The van der Waals surface area contributed by atoms with Crippen LogP contribution < -0.4 is 0 Å². The number of fused-ring (bicyclic) bond motifs is 1. The fourth-order valence-corrected chi connectivity index (χ4v) is 1.13. The number of rotatable bonds is 1. The van der Waals surface area contributed by atoms with Crippen LogP contribution in [0.2, 0.25) is 1.41 Å². The molecular weight excluding hydrogens is 154 g/mol. The molecule has 2 aromatic rings. The van der Waals surface area contributed by atoms with Gasteiger partial charge >= 0.3 is 5.97 Å². The number of aromatic carboxylic acids is 1. The second kappa shape index (κ2) is 2.37. The zero-order valence-electron chi connectivity index (χ0n) is 8.15. The molecule has 0 saturated heterocycles. The van der Waals surface area contributed by atoms with E-state index in [2.05, 4.69) is 5.11 Å². The Bertz CT molecular complexity index is 493. The van der Waals surface area contributed by atoms with Gasteiger partial charge in [-0.05, 0) is 12.1 Å². The maximum absolute atomic E-state index is 11.1. The first-order valence-electron chi connectivity index (χ1n) is 4.37. The average molecular weight is 163 g/mol. The fraction of sp³-hybridized carbons (Fsp3) is 0. The van der Waals surface area contributed by atoms with Crippen LogP contribution in [0.1, 0.15) is 10.5 Å². The van der Waals surface area contributed by atoms with E-state index in [0.29, 0.717) is 5.52 Å². The second-order valence-electron chi connectivity index (χ2n) is 2.49. The van der Waals surface area contributed by atoms with E-state index in [1.807, 2.05) is 6.07 Å². The molecule has 0 amide bonds. The number of benzene rings is 1. The molecule has 0 radical (unpaired) electrons. The number of para-hydroxylation sites is 1. The van der Waals surface area contributed by atoms with E-state index in [4.69, 9.17) is 2.84 Å². The highest BCUT2D eigenvalue weighted by Crippen LogP contribution is 2.13. The molecule has 2 N–H and O–H groups in total. The van der Waals surface area contributed by atoms with Crippen LogP contribution >= 0.6 is 0 Å². The normalized spacial score (nSPS) is 12.3. The van der Waals surface area contributed by atoms with Crippen LogP contribution in [0.4, 0.5) is 0 Å². The number of H-pyrrole nitrogens is 1. The molecule has 0 spiro atoms. The predicted molar refractivity (Wildman–Crippen MR) is 45.3 cm³/mol. The maximum atomic E-state index is 11.1. The summed E-state index contributed by atoms with van der Waals surface area (Å²) >= 11 is 0. The number of nitrogens with one attached hydrogen (secondary N) is 1. The van der Waals surface area contributed by atoms with Crippen molar-refractivity contribution in [2.75, 3.05) is 0 Å². The zero-order chi connectivity index (χ0) is 10.1. The van der Waals surface area contributed by atoms with Gasteiger partial charge in [-0.3, -0.25) is 0 Å². The Morgan fingerprint density at radius 1 is 1.58 bits per heavy atom. The molecule has 0 bridgehead atoms. The van der Waals surface area contributed by atoms with Gasteiger partial charge in [0.2, 0.25) is 0 Å². The highest BCUT2D eigenvalue weighted by atomic mass is 16.4. The minimum Gasteiger partial charge on any atom is -0.477 e. The number of carboxylic acids is 1. The van der Waals surface area contributed by atoms with Crippen LogP contribution in [0, 0.1) is 0 Å². The Balaban J connectivity index is 2.68. The maximum Gasteiger partial charge on any atom is 0.352 e. The summed E-state index contributed by atoms with van der Waals surface area (Å²) in [6.45, 7) is 0. The number of aromatic nitrogens is 1. The fourth-order valence-electron chi connectivity index (χ4n) is 1.13. The van der Waals surface area contributed by atoms with Crippen molar-refractivity contribution in [1.29, 1.82) is 1.43 Å². The van der Waals surface area contributed by atoms with Crippen molar-refractivity contribution in [3.63, 3.8) is 0 Å². The molecule has 60 valence electrons.